The maximum absolute atomic E-state index is 12.1. The molecule has 2 aromatic carbocycles. The van der Waals surface area contributed by atoms with Gasteiger partial charge in [-0.2, -0.15) is 0 Å². The molecule has 2 rings (SSSR count). The van der Waals surface area contributed by atoms with Gasteiger partial charge in [0.2, 0.25) is 0 Å². The maximum Gasteiger partial charge on any atom is 0.251 e. The van der Waals surface area contributed by atoms with Crippen molar-refractivity contribution < 1.29 is 4.79 Å². The summed E-state index contributed by atoms with van der Waals surface area (Å²) in [6.07, 6.45) is 4.67. The summed E-state index contributed by atoms with van der Waals surface area (Å²) in [5.74, 6) is 0.0269. The fraction of sp³-hybridized carbons (Fsp3) is 0.421. The Hall–Kier alpha value is -1.87. The Kier molecular flexibility index (Phi) is 6.41. The van der Waals surface area contributed by atoms with Crippen molar-refractivity contribution in [2.45, 2.75) is 25.7 Å². The molecule has 2 aromatic rings. The Morgan fingerprint density at radius 3 is 2.45 bits per heavy atom. The number of carbonyl (C=O) groups is 1. The molecular formula is C19H26N2O. The second-order valence-electron chi connectivity index (χ2n) is 6.04. The Balaban J connectivity index is 1.72. The molecule has 22 heavy (non-hydrogen) atoms. The largest absolute Gasteiger partial charge is 0.352 e. The zero-order valence-corrected chi connectivity index (χ0v) is 13.6. The Morgan fingerprint density at radius 2 is 1.68 bits per heavy atom. The van der Waals surface area contributed by atoms with E-state index in [1.807, 2.05) is 36.4 Å². The average molecular weight is 298 g/mol. The van der Waals surface area contributed by atoms with Gasteiger partial charge in [0.1, 0.15) is 0 Å². The number of fused-ring (bicyclic) bond motifs is 1. The lowest BCUT2D eigenvalue weighted by Gasteiger charge is -2.09. The topological polar surface area (TPSA) is 32.3 Å². The molecule has 1 amide bonds. The van der Waals surface area contributed by atoms with Crippen LogP contribution < -0.4 is 5.32 Å². The highest BCUT2D eigenvalue weighted by Gasteiger charge is 2.05. The van der Waals surface area contributed by atoms with Gasteiger partial charge in [0.15, 0.2) is 0 Å². The molecule has 0 bridgehead atoms. The second kappa shape index (κ2) is 8.54. The third-order valence-corrected chi connectivity index (χ3v) is 3.83. The first-order chi connectivity index (χ1) is 10.7. The molecule has 0 aliphatic rings. The molecule has 0 saturated carbocycles. The summed E-state index contributed by atoms with van der Waals surface area (Å²) in [5, 5.41) is 5.29. The monoisotopic (exact) mass is 298 g/mol. The normalized spacial score (nSPS) is 11.0. The first kappa shape index (κ1) is 16.5. The number of hydrogen-bond acceptors (Lipinski definition) is 2. The van der Waals surface area contributed by atoms with E-state index < -0.39 is 0 Å². The summed E-state index contributed by atoms with van der Waals surface area (Å²) < 4.78 is 0. The van der Waals surface area contributed by atoms with Gasteiger partial charge in [-0.1, -0.05) is 43.2 Å². The summed E-state index contributed by atoms with van der Waals surface area (Å²) in [6, 6.07) is 14.0. The first-order valence-electron chi connectivity index (χ1n) is 8.08. The van der Waals surface area contributed by atoms with E-state index in [9.17, 15) is 4.79 Å². The predicted molar refractivity (Wildman–Crippen MR) is 93.3 cm³/mol. The molecule has 0 aliphatic carbocycles. The minimum absolute atomic E-state index is 0.0269. The van der Waals surface area contributed by atoms with Gasteiger partial charge in [-0.3, -0.25) is 4.79 Å². The molecular weight excluding hydrogens is 272 g/mol. The summed E-state index contributed by atoms with van der Waals surface area (Å²) in [6.45, 7) is 1.90. The lowest BCUT2D eigenvalue weighted by atomic mass is 10.1. The van der Waals surface area contributed by atoms with Gasteiger partial charge in [0.05, 0.1) is 0 Å². The standard InChI is InChI=1S/C19H26N2O/c1-21(2)14-8-4-3-7-13-20-19(22)18-12-11-16-9-5-6-10-17(16)15-18/h5-6,9-12,15H,3-4,7-8,13-14H2,1-2H3,(H,20,22). The molecule has 0 saturated heterocycles. The van der Waals surface area contributed by atoms with E-state index in [1.54, 1.807) is 0 Å². The first-order valence-corrected chi connectivity index (χ1v) is 8.08. The van der Waals surface area contributed by atoms with Crippen molar-refractivity contribution in [1.82, 2.24) is 10.2 Å². The molecule has 0 heterocycles. The minimum atomic E-state index is 0.0269. The third kappa shape index (κ3) is 5.15. The van der Waals surface area contributed by atoms with E-state index in [0.29, 0.717) is 0 Å². The van der Waals surface area contributed by atoms with E-state index in [1.165, 1.54) is 24.6 Å². The van der Waals surface area contributed by atoms with E-state index in [-0.39, 0.29) is 5.91 Å². The molecule has 0 aliphatic heterocycles. The molecule has 3 nitrogen and oxygen atoms in total. The van der Waals surface area contributed by atoms with Crippen LogP contribution in [0.25, 0.3) is 10.8 Å². The zero-order chi connectivity index (χ0) is 15.8. The molecule has 0 spiro atoms. The van der Waals surface area contributed by atoms with Crippen molar-refractivity contribution in [1.29, 1.82) is 0 Å². The van der Waals surface area contributed by atoms with Crippen molar-refractivity contribution in [3.63, 3.8) is 0 Å². The van der Waals surface area contributed by atoms with Gasteiger partial charge in [-0.05, 0) is 56.4 Å². The number of benzene rings is 2. The predicted octanol–water partition coefficient (Wildman–Crippen LogP) is 3.69. The van der Waals surface area contributed by atoms with Crippen LogP contribution in [0.2, 0.25) is 0 Å². The van der Waals surface area contributed by atoms with Gasteiger partial charge >= 0.3 is 0 Å². The minimum Gasteiger partial charge on any atom is -0.352 e. The fourth-order valence-corrected chi connectivity index (χ4v) is 2.54. The van der Waals surface area contributed by atoms with E-state index in [0.717, 1.165) is 30.5 Å². The van der Waals surface area contributed by atoms with E-state index in [4.69, 9.17) is 0 Å². The van der Waals surface area contributed by atoms with Gasteiger partial charge in [-0.15, -0.1) is 0 Å². The highest BCUT2D eigenvalue weighted by atomic mass is 16.1. The van der Waals surface area contributed by atoms with Crippen molar-refractivity contribution >= 4 is 16.7 Å². The summed E-state index contributed by atoms with van der Waals surface area (Å²) >= 11 is 0. The molecule has 118 valence electrons. The third-order valence-electron chi connectivity index (χ3n) is 3.83. The Labute approximate surface area is 133 Å². The second-order valence-corrected chi connectivity index (χ2v) is 6.04. The van der Waals surface area contributed by atoms with Crippen LogP contribution in [-0.2, 0) is 0 Å². The molecule has 0 atom stereocenters. The van der Waals surface area contributed by atoms with Crippen LogP contribution in [0, 0.1) is 0 Å². The van der Waals surface area contributed by atoms with Crippen molar-refractivity contribution in [2.75, 3.05) is 27.2 Å². The summed E-state index contributed by atoms with van der Waals surface area (Å²) in [4.78, 5) is 14.4. The van der Waals surface area contributed by atoms with Gasteiger partial charge in [-0.25, -0.2) is 0 Å². The summed E-state index contributed by atoms with van der Waals surface area (Å²) in [7, 11) is 4.20. The fourth-order valence-electron chi connectivity index (χ4n) is 2.54. The van der Waals surface area contributed by atoms with Crippen LogP contribution in [0.3, 0.4) is 0 Å². The molecule has 0 aromatic heterocycles. The highest BCUT2D eigenvalue weighted by molar-refractivity contribution is 5.98. The van der Waals surface area contributed by atoms with Crippen LogP contribution in [0.5, 0.6) is 0 Å². The van der Waals surface area contributed by atoms with Crippen molar-refractivity contribution in [2.24, 2.45) is 0 Å². The van der Waals surface area contributed by atoms with Crippen LogP contribution in [0.15, 0.2) is 42.5 Å². The molecule has 0 unspecified atom stereocenters. The van der Waals surface area contributed by atoms with Crippen molar-refractivity contribution in [3.8, 4) is 0 Å². The number of amides is 1. The van der Waals surface area contributed by atoms with Gasteiger partial charge in [0, 0.05) is 12.1 Å². The van der Waals surface area contributed by atoms with Gasteiger partial charge in [0.25, 0.3) is 5.91 Å². The number of nitrogens with one attached hydrogen (secondary N) is 1. The number of rotatable bonds is 8. The number of unbranched alkanes of at least 4 members (excludes halogenated alkanes) is 3. The quantitative estimate of drug-likeness (QED) is 0.754. The van der Waals surface area contributed by atoms with Crippen LogP contribution in [-0.4, -0.2) is 38.0 Å². The van der Waals surface area contributed by atoms with E-state index in [2.05, 4.69) is 30.4 Å². The molecule has 3 heteroatoms. The molecule has 0 radical (unpaired) electrons. The lowest BCUT2D eigenvalue weighted by Crippen LogP contribution is -2.24. The zero-order valence-electron chi connectivity index (χ0n) is 13.6. The molecule has 0 fully saturated rings. The van der Waals surface area contributed by atoms with E-state index >= 15 is 0 Å². The van der Waals surface area contributed by atoms with Gasteiger partial charge < -0.3 is 10.2 Å². The van der Waals surface area contributed by atoms with Crippen LogP contribution >= 0.6 is 0 Å². The number of nitrogens with zero attached hydrogens (tertiary/aromatic N) is 1. The number of hydrogen-bond donors (Lipinski definition) is 1. The highest BCUT2D eigenvalue weighted by Crippen LogP contribution is 2.15. The van der Waals surface area contributed by atoms with Crippen molar-refractivity contribution in [3.05, 3.63) is 48.0 Å². The van der Waals surface area contributed by atoms with Crippen LogP contribution in [0.1, 0.15) is 36.0 Å². The lowest BCUT2D eigenvalue weighted by molar-refractivity contribution is 0.0953. The van der Waals surface area contributed by atoms with Crippen LogP contribution in [0.4, 0.5) is 0 Å². The average Bonchev–Trinajstić information content (AvgIpc) is 2.53. The number of carbonyl (C=O) groups excluding carboxylic acids is 1. The summed E-state index contributed by atoms with van der Waals surface area (Å²) in [5.41, 5.74) is 0.742. The Morgan fingerprint density at radius 1 is 0.955 bits per heavy atom. The maximum atomic E-state index is 12.1. The Bertz CT molecular complexity index is 607. The smallest absolute Gasteiger partial charge is 0.251 e. The molecule has 1 N–H and O–H groups in total. The SMILES string of the molecule is CN(C)CCCCCCNC(=O)c1ccc2ccccc2c1.